The second-order valence-corrected chi connectivity index (χ2v) is 6.62. The Morgan fingerprint density at radius 2 is 2.11 bits per heavy atom. The van der Waals surface area contributed by atoms with Crippen LogP contribution in [0.2, 0.25) is 0 Å². The molecule has 0 aliphatic rings. The number of nitro groups is 1. The van der Waals surface area contributed by atoms with Crippen LogP contribution in [0.5, 0.6) is 0 Å². The molecule has 0 radical (unpaired) electrons. The summed E-state index contributed by atoms with van der Waals surface area (Å²) in [5, 5.41) is 27.4. The summed E-state index contributed by atoms with van der Waals surface area (Å²) in [5.74, 6) is -1.08. The summed E-state index contributed by atoms with van der Waals surface area (Å²) in [6, 6.07) is 9.77. The van der Waals surface area contributed by atoms with Gasteiger partial charge in [0.2, 0.25) is 0 Å². The second kappa shape index (κ2) is 10.0. The zero-order chi connectivity index (χ0) is 20.5. The van der Waals surface area contributed by atoms with Gasteiger partial charge in [0.15, 0.2) is 6.10 Å². The van der Waals surface area contributed by atoms with Gasteiger partial charge in [-0.2, -0.15) is 5.26 Å². The molecule has 0 saturated carbocycles. The molecule has 1 unspecified atom stereocenters. The molecule has 1 atom stereocenters. The van der Waals surface area contributed by atoms with Crippen molar-refractivity contribution in [3.8, 4) is 6.07 Å². The van der Waals surface area contributed by atoms with Crippen molar-refractivity contribution in [3.05, 3.63) is 51.4 Å². The van der Waals surface area contributed by atoms with Crippen LogP contribution in [0.25, 0.3) is 0 Å². The molecular weight excluding hydrogens is 384 g/mol. The maximum atomic E-state index is 12.1. The highest BCUT2D eigenvalue weighted by Gasteiger charge is 2.19. The summed E-state index contributed by atoms with van der Waals surface area (Å²) in [6.45, 7) is 1.78. The first kappa shape index (κ1) is 20.9. The number of para-hydroxylation sites is 2. The fourth-order valence-electron chi connectivity index (χ4n) is 2.26. The standard InChI is InChI=1S/C18H18N4O5S/c1-12(17(24)21-18-13(11-19)8-10-28-18)27-16(23)7-4-9-20-14-5-2-3-6-15(14)22(25)26/h2-3,5-6,8,10,12,20H,4,7,9H2,1H3,(H,21,24). The molecule has 1 aromatic heterocycles. The topological polar surface area (TPSA) is 134 Å². The van der Waals surface area contributed by atoms with Crippen molar-refractivity contribution in [2.24, 2.45) is 0 Å². The highest BCUT2D eigenvalue weighted by molar-refractivity contribution is 7.14. The third kappa shape index (κ3) is 5.78. The van der Waals surface area contributed by atoms with Gasteiger partial charge >= 0.3 is 5.97 Å². The molecule has 0 bridgehead atoms. The lowest BCUT2D eigenvalue weighted by molar-refractivity contribution is -0.384. The molecule has 2 N–H and O–H groups in total. The predicted octanol–water partition coefficient (Wildman–Crippen LogP) is 3.29. The monoisotopic (exact) mass is 402 g/mol. The van der Waals surface area contributed by atoms with E-state index in [1.165, 1.54) is 24.3 Å². The zero-order valence-electron chi connectivity index (χ0n) is 15.0. The van der Waals surface area contributed by atoms with Gasteiger partial charge in [-0.1, -0.05) is 12.1 Å². The Morgan fingerprint density at radius 1 is 1.36 bits per heavy atom. The van der Waals surface area contributed by atoms with E-state index in [1.54, 1.807) is 29.6 Å². The number of anilines is 2. The van der Waals surface area contributed by atoms with Gasteiger partial charge in [0.25, 0.3) is 11.6 Å². The Kier molecular flexibility index (Phi) is 7.47. The van der Waals surface area contributed by atoms with Crippen molar-refractivity contribution < 1.29 is 19.2 Å². The quantitative estimate of drug-likeness (QED) is 0.284. The molecule has 28 heavy (non-hydrogen) atoms. The number of nitriles is 1. The van der Waals surface area contributed by atoms with Gasteiger partial charge in [-0.25, -0.2) is 0 Å². The number of esters is 1. The van der Waals surface area contributed by atoms with E-state index in [0.29, 0.717) is 29.2 Å². The fourth-order valence-corrected chi connectivity index (χ4v) is 3.00. The number of ether oxygens (including phenoxy) is 1. The number of thiophene rings is 1. The number of carbonyl (C=O) groups is 2. The number of hydrogen-bond acceptors (Lipinski definition) is 8. The minimum absolute atomic E-state index is 0.0410. The van der Waals surface area contributed by atoms with Crippen LogP contribution >= 0.6 is 11.3 Å². The van der Waals surface area contributed by atoms with Crippen LogP contribution in [0, 0.1) is 21.4 Å². The van der Waals surface area contributed by atoms with Crippen LogP contribution in [0.4, 0.5) is 16.4 Å². The number of nitro benzene ring substituents is 1. The molecule has 146 valence electrons. The maximum Gasteiger partial charge on any atom is 0.306 e. The van der Waals surface area contributed by atoms with Gasteiger partial charge < -0.3 is 15.4 Å². The molecule has 2 rings (SSSR count). The molecule has 0 aliphatic carbocycles. The normalized spacial score (nSPS) is 11.1. The average molecular weight is 402 g/mol. The summed E-state index contributed by atoms with van der Waals surface area (Å²) in [5.41, 5.74) is 0.677. The van der Waals surface area contributed by atoms with E-state index in [9.17, 15) is 19.7 Å². The van der Waals surface area contributed by atoms with Crippen LogP contribution in [-0.2, 0) is 14.3 Å². The lowest BCUT2D eigenvalue weighted by atomic mass is 10.2. The first-order chi connectivity index (χ1) is 13.4. The van der Waals surface area contributed by atoms with Gasteiger partial charge in [-0.15, -0.1) is 11.3 Å². The minimum Gasteiger partial charge on any atom is -0.453 e. The lowest BCUT2D eigenvalue weighted by Crippen LogP contribution is -2.30. The summed E-state index contributed by atoms with van der Waals surface area (Å²) < 4.78 is 5.08. The number of rotatable bonds is 9. The second-order valence-electron chi connectivity index (χ2n) is 5.70. The van der Waals surface area contributed by atoms with E-state index < -0.39 is 22.9 Å². The van der Waals surface area contributed by atoms with E-state index in [0.717, 1.165) is 0 Å². The first-order valence-corrected chi connectivity index (χ1v) is 9.25. The van der Waals surface area contributed by atoms with Crippen molar-refractivity contribution in [2.45, 2.75) is 25.9 Å². The number of carbonyl (C=O) groups excluding carboxylic acids is 2. The first-order valence-electron chi connectivity index (χ1n) is 8.37. The van der Waals surface area contributed by atoms with E-state index in [2.05, 4.69) is 10.6 Å². The van der Waals surface area contributed by atoms with Crippen LogP contribution < -0.4 is 10.6 Å². The Balaban J connectivity index is 1.74. The molecule has 1 heterocycles. The Labute approximate surface area is 165 Å². The Bertz CT molecular complexity index is 905. The average Bonchev–Trinajstić information content (AvgIpc) is 3.12. The van der Waals surface area contributed by atoms with E-state index in [1.807, 2.05) is 6.07 Å². The van der Waals surface area contributed by atoms with Gasteiger partial charge in [0.05, 0.1) is 10.5 Å². The van der Waals surface area contributed by atoms with Crippen LogP contribution in [0.1, 0.15) is 25.3 Å². The Morgan fingerprint density at radius 3 is 2.82 bits per heavy atom. The van der Waals surface area contributed by atoms with Crippen LogP contribution in [-0.4, -0.2) is 29.4 Å². The minimum atomic E-state index is -1.01. The van der Waals surface area contributed by atoms with Crippen molar-refractivity contribution in [3.63, 3.8) is 0 Å². The molecule has 0 fully saturated rings. The number of benzene rings is 1. The van der Waals surface area contributed by atoms with Crippen molar-refractivity contribution in [1.82, 2.24) is 0 Å². The van der Waals surface area contributed by atoms with E-state index >= 15 is 0 Å². The zero-order valence-corrected chi connectivity index (χ0v) is 15.8. The molecule has 9 nitrogen and oxygen atoms in total. The van der Waals surface area contributed by atoms with Gasteiger partial charge in [0, 0.05) is 19.0 Å². The number of amides is 1. The fraction of sp³-hybridized carbons (Fsp3) is 0.278. The Hall–Kier alpha value is -3.45. The van der Waals surface area contributed by atoms with Crippen molar-refractivity contribution in [2.75, 3.05) is 17.2 Å². The maximum absolute atomic E-state index is 12.1. The van der Waals surface area contributed by atoms with Crippen LogP contribution in [0.3, 0.4) is 0 Å². The number of nitrogens with zero attached hydrogens (tertiary/aromatic N) is 2. The summed E-state index contributed by atoms with van der Waals surface area (Å²) in [6.07, 6.45) is -0.583. The molecule has 0 spiro atoms. The molecule has 2 aromatic rings. The highest BCUT2D eigenvalue weighted by Crippen LogP contribution is 2.23. The van der Waals surface area contributed by atoms with Gasteiger partial charge in [0.1, 0.15) is 16.8 Å². The van der Waals surface area contributed by atoms with Gasteiger partial charge in [-0.3, -0.25) is 19.7 Å². The van der Waals surface area contributed by atoms with Crippen molar-refractivity contribution in [1.29, 1.82) is 5.26 Å². The molecular formula is C18H18N4O5S. The highest BCUT2D eigenvalue weighted by atomic mass is 32.1. The van der Waals surface area contributed by atoms with Crippen molar-refractivity contribution >= 4 is 39.6 Å². The van der Waals surface area contributed by atoms with Gasteiger partial charge in [-0.05, 0) is 30.9 Å². The SMILES string of the molecule is CC(OC(=O)CCCNc1ccccc1[N+](=O)[O-])C(=O)Nc1sccc1C#N. The molecule has 1 aromatic carbocycles. The number of hydrogen-bond donors (Lipinski definition) is 2. The molecule has 1 amide bonds. The molecule has 0 aliphatic heterocycles. The summed E-state index contributed by atoms with van der Waals surface area (Å²) >= 11 is 1.21. The summed E-state index contributed by atoms with van der Waals surface area (Å²) in [7, 11) is 0. The summed E-state index contributed by atoms with van der Waals surface area (Å²) in [4.78, 5) is 34.4. The predicted molar refractivity (Wildman–Crippen MR) is 104 cm³/mol. The molecule has 0 saturated heterocycles. The molecule has 10 heteroatoms. The third-order valence-electron chi connectivity index (χ3n) is 3.67. The van der Waals surface area contributed by atoms with E-state index in [-0.39, 0.29) is 12.1 Å². The van der Waals surface area contributed by atoms with E-state index in [4.69, 9.17) is 10.00 Å². The smallest absolute Gasteiger partial charge is 0.306 e. The lowest BCUT2D eigenvalue weighted by Gasteiger charge is -2.13. The third-order valence-corrected chi connectivity index (χ3v) is 4.50. The largest absolute Gasteiger partial charge is 0.453 e. The van der Waals surface area contributed by atoms with Crippen LogP contribution in [0.15, 0.2) is 35.7 Å². The number of nitrogens with one attached hydrogen (secondary N) is 2.